The third kappa shape index (κ3) is 3.18. The first kappa shape index (κ1) is 11.3. The van der Waals surface area contributed by atoms with Gasteiger partial charge in [-0.05, 0) is 32.2 Å². The van der Waals surface area contributed by atoms with Crippen LogP contribution in [0.3, 0.4) is 0 Å². The summed E-state index contributed by atoms with van der Waals surface area (Å²) in [4.78, 5) is 2.41. The molecule has 0 aromatic rings. The molecular formula is C10H21N3O. The molecular weight excluding hydrogens is 178 g/mol. The summed E-state index contributed by atoms with van der Waals surface area (Å²) in [6.07, 6.45) is 3.19. The molecule has 1 aliphatic rings. The maximum Gasteiger partial charge on any atom is 0.140 e. The molecule has 1 rings (SSSR count). The number of nitrogens with two attached hydrogens (primary N) is 1. The quantitative estimate of drug-likeness (QED) is 0.311. The Kier molecular flexibility index (Phi) is 4.20. The highest BCUT2D eigenvalue weighted by atomic mass is 16.4. The number of nitrogens with zero attached hydrogens (tertiary/aromatic N) is 2. The molecule has 0 aliphatic carbocycles. The maximum absolute atomic E-state index is 8.42. The second kappa shape index (κ2) is 5.20. The van der Waals surface area contributed by atoms with E-state index in [1.54, 1.807) is 0 Å². The van der Waals surface area contributed by atoms with E-state index in [1.165, 1.54) is 12.8 Å². The van der Waals surface area contributed by atoms with E-state index in [1.807, 2.05) is 0 Å². The van der Waals surface area contributed by atoms with Gasteiger partial charge < -0.3 is 15.8 Å². The van der Waals surface area contributed by atoms with Crippen molar-refractivity contribution in [3.63, 3.8) is 0 Å². The van der Waals surface area contributed by atoms with Crippen molar-refractivity contribution in [3.8, 4) is 0 Å². The molecule has 1 heterocycles. The fourth-order valence-corrected chi connectivity index (χ4v) is 2.10. The molecule has 4 heteroatoms. The van der Waals surface area contributed by atoms with Crippen LogP contribution in [0.4, 0.5) is 0 Å². The Morgan fingerprint density at radius 2 is 2.29 bits per heavy atom. The summed E-state index contributed by atoms with van der Waals surface area (Å²) in [5.41, 5.74) is 5.44. The van der Waals surface area contributed by atoms with E-state index in [-0.39, 0.29) is 0 Å². The Morgan fingerprint density at radius 1 is 1.57 bits per heavy atom. The van der Waals surface area contributed by atoms with E-state index < -0.39 is 0 Å². The lowest BCUT2D eigenvalue weighted by Gasteiger charge is -2.36. The monoisotopic (exact) mass is 199 g/mol. The van der Waals surface area contributed by atoms with Crippen LogP contribution in [0.1, 0.15) is 33.1 Å². The molecule has 0 radical (unpaired) electrons. The molecule has 4 nitrogen and oxygen atoms in total. The predicted molar refractivity (Wildman–Crippen MR) is 57.5 cm³/mol. The van der Waals surface area contributed by atoms with Crippen LogP contribution in [-0.4, -0.2) is 35.1 Å². The van der Waals surface area contributed by atoms with Crippen LogP contribution in [0.5, 0.6) is 0 Å². The number of oxime groups is 1. The molecule has 0 aromatic carbocycles. The van der Waals surface area contributed by atoms with Gasteiger partial charge in [0.1, 0.15) is 5.84 Å². The first-order valence-corrected chi connectivity index (χ1v) is 5.34. The van der Waals surface area contributed by atoms with Crippen molar-refractivity contribution in [1.82, 2.24) is 4.90 Å². The maximum atomic E-state index is 8.42. The normalized spacial score (nSPS) is 30.6. The van der Waals surface area contributed by atoms with Crippen molar-refractivity contribution in [2.45, 2.75) is 39.2 Å². The average molecular weight is 199 g/mol. The molecule has 0 aromatic heterocycles. The van der Waals surface area contributed by atoms with Crippen LogP contribution in [0.25, 0.3) is 0 Å². The minimum Gasteiger partial charge on any atom is -0.409 e. The minimum atomic E-state index is 0.329. The summed E-state index contributed by atoms with van der Waals surface area (Å²) < 4.78 is 0. The van der Waals surface area contributed by atoms with Crippen LogP contribution in [-0.2, 0) is 0 Å². The molecule has 2 unspecified atom stereocenters. The van der Waals surface area contributed by atoms with Crippen LogP contribution in [0.2, 0.25) is 0 Å². The number of likely N-dealkylation sites (tertiary alicyclic amines) is 1. The summed E-state index contributed by atoms with van der Waals surface area (Å²) >= 11 is 0. The Labute approximate surface area is 85.8 Å². The first-order chi connectivity index (χ1) is 6.63. The SMILES string of the molecule is CC1CCN(CCC(N)=NO)C(C)C1. The van der Waals surface area contributed by atoms with Crippen molar-refractivity contribution in [1.29, 1.82) is 0 Å². The second-order valence-electron chi connectivity index (χ2n) is 4.36. The third-order valence-corrected chi connectivity index (χ3v) is 3.06. The Hall–Kier alpha value is -0.770. The first-order valence-electron chi connectivity index (χ1n) is 5.34. The average Bonchev–Trinajstić information content (AvgIpc) is 2.16. The number of rotatable bonds is 3. The highest BCUT2D eigenvalue weighted by molar-refractivity contribution is 5.79. The molecule has 82 valence electrons. The lowest BCUT2D eigenvalue weighted by atomic mass is 9.93. The summed E-state index contributed by atoms with van der Waals surface area (Å²) in [7, 11) is 0. The van der Waals surface area contributed by atoms with Gasteiger partial charge in [0.05, 0.1) is 0 Å². The van der Waals surface area contributed by atoms with Crippen molar-refractivity contribution in [2.24, 2.45) is 16.8 Å². The highest BCUT2D eigenvalue weighted by Crippen LogP contribution is 2.21. The molecule has 14 heavy (non-hydrogen) atoms. The van der Waals surface area contributed by atoms with E-state index in [2.05, 4.69) is 23.9 Å². The smallest absolute Gasteiger partial charge is 0.140 e. The second-order valence-corrected chi connectivity index (χ2v) is 4.36. The fourth-order valence-electron chi connectivity index (χ4n) is 2.10. The lowest BCUT2D eigenvalue weighted by molar-refractivity contribution is 0.133. The Balaban J connectivity index is 2.31. The van der Waals surface area contributed by atoms with Gasteiger partial charge in [-0.1, -0.05) is 12.1 Å². The molecule has 0 saturated carbocycles. The lowest BCUT2D eigenvalue weighted by Crippen LogP contribution is -2.41. The van der Waals surface area contributed by atoms with Crippen LogP contribution < -0.4 is 5.73 Å². The molecule has 2 atom stereocenters. The van der Waals surface area contributed by atoms with E-state index >= 15 is 0 Å². The summed E-state index contributed by atoms with van der Waals surface area (Å²) in [5.74, 6) is 1.17. The van der Waals surface area contributed by atoms with Gasteiger partial charge in [0.15, 0.2) is 0 Å². The van der Waals surface area contributed by atoms with Crippen molar-refractivity contribution >= 4 is 5.84 Å². The van der Waals surface area contributed by atoms with Gasteiger partial charge in [0.25, 0.3) is 0 Å². The minimum absolute atomic E-state index is 0.329. The van der Waals surface area contributed by atoms with Crippen LogP contribution in [0, 0.1) is 5.92 Å². The summed E-state index contributed by atoms with van der Waals surface area (Å²) in [6, 6.07) is 0.630. The molecule has 0 spiro atoms. The van der Waals surface area contributed by atoms with Gasteiger partial charge in [-0.15, -0.1) is 0 Å². The Bertz CT molecular complexity index is 206. The molecule has 1 aliphatic heterocycles. The predicted octanol–water partition coefficient (Wildman–Crippen LogP) is 1.24. The van der Waals surface area contributed by atoms with E-state index in [4.69, 9.17) is 10.9 Å². The van der Waals surface area contributed by atoms with Gasteiger partial charge in [0, 0.05) is 19.0 Å². The van der Waals surface area contributed by atoms with Crippen LogP contribution >= 0.6 is 0 Å². The van der Waals surface area contributed by atoms with Gasteiger partial charge in [-0.25, -0.2) is 0 Å². The number of hydrogen-bond donors (Lipinski definition) is 2. The van der Waals surface area contributed by atoms with Crippen LogP contribution in [0.15, 0.2) is 5.16 Å². The largest absolute Gasteiger partial charge is 0.409 e. The highest BCUT2D eigenvalue weighted by Gasteiger charge is 2.22. The van der Waals surface area contributed by atoms with Gasteiger partial charge in [0.2, 0.25) is 0 Å². The zero-order chi connectivity index (χ0) is 10.6. The van der Waals surface area contributed by atoms with Gasteiger partial charge in [-0.3, -0.25) is 0 Å². The zero-order valence-corrected chi connectivity index (χ0v) is 9.11. The van der Waals surface area contributed by atoms with Gasteiger partial charge in [-0.2, -0.15) is 0 Å². The van der Waals surface area contributed by atoms with E-state index in [0.717, 1.165) is 19.0 Å². The number of hydrogen-bond acceptors (Lipinski definition) is 3. The topological polar surface area (TPSA) is 61.8 Å². The van der Waals surface area contributed by atoms with E-state index in [9.17, 15) is 0 Å². The van der Waals surface area contributed by atoms with Crippen molar-refractivity contribution in [2.75, 3.05) is 13.1 Å². The summed E-state index contributed by atoms with van der Waals surface area (Å²) in [6.45, 7) is 6.60. The standard InChI is InChI=1S/C10H21N3O/c1-8-3-5-13(9(2)7-8)6-4-10(11)12-14/h8-9,14H,3-7H2,1-2H3,(H2,11,12). The fraction of sp³-hybridized carbons (Fsp3) is 0.900. The molecule has 0 amide bonds. The van der Waals surface area contributed by atoms with E-state index in [0.29, 0.717) is 18.3 Å². The molecule has 1 fully saturated rings. The van der Waals surface area contributed by atoms with Crippen molar-refractivity contribution < 1.29 is 5.21 Å². The Morgan fingerprint density at radius 3 is 2.86 bits per heavy atom. The number of amidine groups is 1. The zero-order valence-electron chi connectivity index (χ0n) is 9.11. The third-order valence-electron chi connectivity index (χ3n) is 3.06. The van der Waals surface area contributed by atoms with Crippen molar-refractivity contribution in [3.05, 3.63) is 0 Å². The number of piperidine rings is 1. The molecule has 3 N–H and O–H groups in total. The molecule has 0 bridgehead atoms. The summed E-state index contributed by atoms with van der Waals surface area (Å²) in [5, 5.41) is 11.4. The molecule has 1 saturated heterocycles. The van der Waals surface area contributed by atoms with Gasteiger partial charge >= 0.3 is 0 Å².